The lowest BCUT2D eigenvalue weighted by Gasteiger charge is -2.17. The fraction of sp³-hybridized carbons (Fsp3) is 0.593. The lowest BCUT2D eigenvalue weighted by atomic mass is 10.1. The maximum absolute atomic E-state index is 12.3. The molecule has 2 amide bonds. The van der Waals surface area contributed by atoms with E-state index in [0.29, 0.717) is 32.2 Å². The number of nitrogens with zero attached hydrogens (tertiary/aromatic N) is 1. The standard InChI is InChI=1S/C27H42N2O4/c1-4-5-6-7-8-9-10-14-25(30)28-24(27(32)33)13-11-12-21-29(3)26(31)20-19-23-17-15-22(2)16-18-23/h15-20,24H,4-14,21H2,1-3H3,(H,28,30)(H,32,33)/b20-19+. The molecule has 6 nitrogen and oxygen atoms in total. The fourth-order valence-electron chi connectivity index (χ4n) is 3.55. The minimum Gasteiger partial charge on any atom is -0.480 e. The summed E-state index contributed by atoms with van der Waals surface area (Å²) in [6.45, 7) is 4.74. The summed E-state index contributed by atoms with van der Waals surface area (Å²) in [6.07, 6.45) is 13.2. The second-order valence-corrected chi connectivity index (χ2v) is 8.83. The Labute approximate surface area is 199 Å². The number of rotatable bonds is 17. The zero-order valence-electron chi connectivity index (χ0n) is 20.6. The average molecular weight is 459 g/mol. The molecule has 0 saturated carbocycles. The van der Waals surface area contributed by atoms with Crippen LogP contribution in [0, 0.1) is 6.92 Å². The van der Waals surface area contributed by atoms with E-state index < -0.39 is 12.0 Å². The van der Waals surface area contributed by atoms with Gasteiger partial charge in [-0.2, -0.15) is 0 Å². The van der Waals surface area contributed by atoms with Crippen molar-refractivity contribution in [3.8, 4) is 0 Å². The Hall–Kier alpha value is -2.63. The lowest BCUT2D eigenvalue weighted by Crippen LogP contribution is -2.40. The van der Waals surface area contributed by atoms with Gasteiger partial charge in [0.2, 0.25) is 11.8 Å². The first kappa shape index (κ1) is 28.4. The second-order valence-electron chi connectivity index (χ2n) is 8.83. The van der Waals surface area contributed by atoms with Crippen LogP contribution in [0.25, 0.3) is 6.08 Å². The van der Waals surface area contributed by atoms with E-state index in [2.05, 4.69) is 12.2 Å². The molecule has 1 aromatic carbocycles. The highest BCUT2D eigenvalue weighted by molar-refractivity contribution is 5.91. The first-order chi connectivity index (χ1) is 15.8. The summed E-state index contributed by atoms with van der Waals surface area (Å²) in [5, 5.41) is 12.1. The van der Waals surface area contributed by atoms with Crippen molar-refractivity contribution in [1.82, 2.24) is 10.2 Å². The van der Waals surface area contributed by atoms with Gasteiger partial charge in [0, 0.05) is 26.1 Å². The third-order valence-electron chi connectivity index (χ3n) is 5.75. The highest BCUT2D eigenvalue weighted by Crippen LogP contribution is 2.10. The van der Waals surface area contributed by atoms with Crippen LogP contribution in [0.4, 0.5) is 0 Å². The van der Waals surface area contributed by atoms with E-state index in [-0.39, 0.29) is 11.8 Å². The van der Waals surface area contributed by atoms with Gasteiger partial charge < -0.3 is 15.3 Å². The van der Waals surface area contributed by atoms with Crippen molar-refractivity contribution < 1.29 is 19.5 Å². The summed E-state index contributed by atoms with van der Waals surface area (Å²) < 4.78 is 0. The molecule has 1 rings (SSSR count). The van der Waals surface area contributed by atoms with Crippen molar-refractivity contribution in [3.05, 3.63) is 41.5 Å². The molecule has 0 heterocycles. The number of unbranched alkanes of at least 4 members (excludes halogenated alkanes) is 7. The van der Waals surface area contributed by atoms with Crippen LogP contribution in [0.1, 0.15) is 88.7 Å². The molecule has 6 heteroatoms. The van der Waals surface area contributed by atoms with E-state index in [9.17, 15) is 19.5 Å². The van der Waals surface area contributed by atoms with Crippen LogP contribution in [-0.2, 0) is 14.4 Å². The first-order valence-electron chi connectivity index (χ1n) is 12.4. The molecule has 0 aliphatic rings. The molecule has 33 heavy (non-hydrogen) atoms. The van der Waals surface area contributed by atoms with Crippen molar-refractivity contribution >= 4 is 23.9 Å². The largest absolute Gasteiger partial charge is 0.480 e. The van der Waals surface area contributed by atoms with Gasteiger partial charge in [0.05, 0.1) is 0 Å². The molecular weight excluding hydrogens is 416 g/mol. The molecule has 0 aliphatic carbocycles. The lowest BCUT2D eigenvalue weighted by molar-refractivity contribution is -0.142. The number of aryl methyl sites for hydroxylation is 1. The number of carboxylic acid groups (broad SMARTS) is 1. The number of carboxylic acids is 1. The molecule has 1 aromatic rings. The zero-order chi connectivity index (χ0) is 24.5. The number of benzene rings is 1. The van der Waals surface area contributed by atoms with E-state index in [1.54, 1.807) is 24.1 Å². The molecule has 1 atom stereocenters. The Morgan fingerprint density at radius 1 is 0.970 bits per heavy atom. The summed E-state index contributed by atoms with van der Waals surface area (Å²) >= 11 is 0. The van der Waals surface area contributed by atoms with Gasteiger partial charge in [0.25, 0.3) is 0 Å². The van der Waals surface area contributed by atoms with Crippen molar-refractivity contribution in [1.29, 1.82) is 0 Å². The van der Waals surface area contributed by atoms with Gasteiger partial charge in [-0.25, -0.2) is 4.79 Å². The minimum atomic E-state index is -1.01. The zero-order valence-corrected chi connectivity index (χ0v) is 20.6. The SMILES string of the molecule is CCCCCCCCCC(=O)NC(CCCCN(C)C(=O)/C=C/c1ccc(C)cc1)C(=O)O. The van der Waals surface area contributed by atoms with Crippen LogP contribution in [0.5, 0.6) is 0 Å². The summed E-state index contributed by atoms with van der Waals surface area (Å²) in [5.41, 5.74) is 2.14. The topological polar surface area (TPSA) is 86.7 Å². The predicted molar refractivity (Wildman–Crippen MR) is 134 cm³/mol. The molecule has 0 spiro atoms. The van der Waals surface area contributed by atoms with E-state index in [1.165, 1.54) is 31.2 Å². The minimum absolute atomic E-state index is 0.0895. The van der Waals surface area contributed by atoms with Crippen molar-refractivity contribution in [2.24, 2.45) is 0 Å². The summed E-state index contributed by atoms with van der Waals surface area (Å²) in [4.78, 5) is 37.5. The van der Waals surface area contributed by atoms with Crippen molar-refractivity contribution in [2.45, 2.75) is 90.5 Å². The summed E-state index contributed by atoms with van der Waals surface area (Å²) in [7, 11) is 1.74. The van der Waals surface area contributed by atoms with Gasteiger partial charge in [-0.1, -0.05) is 75.3 Å². The van der Waals surface area contributed by atoms with Gasteiger partial charge >= 0.3 is 5.97 Å². The molecule has 0 aliphatic heterocycles. The van der Waals surface area contributed by atoms with Gasteiger partial charge in [-0.3, -0.25) is 9.59 Å². The number of likely N-dealkylation sites (N-methyl/N-ethyl adjacent to an activating group) is 1. The molecule has 0 saturated heterocycles. The molecule has 184 valence electrons. The third-order valence-corrected chi connectivity index (χ3v) is 5.75. The Kier molecular flexibility index (Phi) is 14.6. The van der Waals surface area contributed by atoms with Crippen LogP contribution in [0.3, 0.4) is 0 Å². The summed E-state index contributed by atoms with van der Waals surface area (Å²) in [6, 6.07) is 7.06. The molecular formula is C27H42N2O4. The monoisotopic (exact) mass is 458 g/mol. The molecule has 2 N–H and O–H groups in total. The fourth-order valence-corrected chi connectivity index (χ4v) is 3.55. The Bertz CT molecular complexity index is 743. The molecule has 1 unspecified atom stereocenters. The van der Waals surface area contributed by atoms with Gasteiger partial charge in [-0.05, 0) is 44.2 Å². The maximum Gasteiger partial charge on any atom is 0.326 e. The number of nitrogens with one attached hydrogen (secondary N) is 1. The van der Waals surface area contributed by atoms with Gasteiger partial charge in [0.15, 0.2) is 0 Å². The quantitative estimate of drug-likeness (QED) is 0.243. The van der Waals surface area contributed by atoms with E-state index in [1.807, 2.05) is 31.2 Å². The van der Waals surface area contributed by atoms with Gasteiger partial charge in [0.1, 0.15) is 6.04 Å². The van der Waals surface area contributed by atoms with Crippen LogP contribution in [0.2, 0.25) is 0 Å². The number of aliphatic carboxylic acids is 1. The van der Waals surface area contributed by atoms with Crippen molar-refractivity contribution in [2.75, 3.05) is 13.6 Å². The smallest absolute Gasteiger partial charge is 0.326 e. The Balaban J connectivity index is 2.25. The highest BCUT2D eigenvalue weighted by atomic mass is 16.4. The molecule has 0 bridgehead atoms. The normalized spacial score (nSPS) is 12.0. The predicted octanol–water partition coefficient (Wildman–Crippen LogP) is 5.35. The highest BCUT2D eigenvalue weighted by Gasteiger charge is 2.19. The Morgan fingerprint density at radius 3 is 2.24 bits per heavy atom. The molecule has 0 radical (unpaired) electrons. The van der Waals surface area contributed by atoms with Crippen LogP contribution < -0.4 is 5.32 Å². The maximum atomic E-state index is 12.3. The summed E-state index contributed by atoms with van der Waals surface area (Å²) in [5.74, 6) is -1.29. The molecule has 0 fully saturated rings. The number of hydrogen-bond acceptors (Lipinski definition) is 3. The Morgan fingerprint density at radius 2 is 1.61 bits per heavy atom. The average Bonchev–Trinajstić information content (AvgIpc) is 2.79. The number of amides is 2. The van der Waals surface area contributed by atoms with E-state index >= 15 is 0 Å². The van der Waals surface area contributed by atoms with Crippen molar-refractivity contribution in [3.63, 3.8) is 0 Å². The first-order valence-corrected chi connectivity index (χ1v) is 12.4. The second kappa shape index (κ2) is 16.9. The van der Waals surface area contributed by atoms with Crippen LogP contribution >= 0.6 is 0 Å². The van der Waals surface area contributed by atoms with Crippen LogP contribution in [0.15, 0.2) is 30.3 Å². The molecule has 0 aromatic heterocycles. The van der Waals surface area contributed by atoms with E-state index in [4.69, 9.17) is 0 Å². The third kappa shape index (κ3) is 13.5. The van der Waals surface area contributed by atoms with Gasteiger partial charge in [-0.15, -0.1) is 0 Å². The van der Waals surface area contributed by atoms with Crippen LogP contribution in [-0.4, -0.2) is 47.4 Å². The number of carbonyl (C=O) groups is 3. The number of hydrogen-bond donors (Lipinski definition) is 2. The number of carbonyl (C=O) groups excluding carboxylic acids is 2. The van der Waals surface area contributed by atoms with E-state index in [0.717, 1.165) is 24.8 Å².